The molecule has 2 N–H and O–H groups in total. The molecule has 0 saturated carbocycles. The van der Waals surface area contributed by atoms with E-state index in [-0.39, 0.29) is 11.8 Å². The first kappa shape index (κ1) is 18.4. The monoisotopic (exact) mass is 341 g/mol. The van der Waals surface area contributed by atoms with E-state index in [1.807, 2.05) is 30.3 Å². The van der Waals surface area contributed by atoms with Crippen LogP contribution < -0.4 is 15.4 Å². The van der Waals surface area contributed by atoms with Gasteiger partial charge < -0.3 is 15.4 Å². The van der Waals surface area contributed by atoms with Crippen molar-refractivity contribution in [3.63, 3.8) is 0 Å². The van der Waals surface area contributed by atoms with Gasteiger partial charge in [0.15, 0.2) is 0 Å². The number of aromatic nitrogens is 1. The SMILES string of the molecule is COc1ccccc1CNC(=O)C(C)(C)C(=O)NCc1cccnc1. The second-order valence-electron chi connectivity index (χ2n) is 6.16. The Morgan fingerprint density at radius 3 is 2.36 bits per heavy atom. The number of nitrogens with zero attached hydrogens (tertiary/aromatic N) is 1. The second-order valence-corrected chi connectivity index (χ2v) is 6.16. The fraction of sp³-hybridized carbons (Fsp3) is 0.316. The Morgan fingerprint density at radius 1 is 1.04 bits per heavy atom. The molecule has 0 aliphatic rings. The van der Waals surface area contributed by atoms with Crippen LogP contribution in [0.3, 0.4) is 0 Å². The highest BCUT2D eigenvalue weighted by Crippen LogP contribution is 2.19. The average molecular weight is 341 g/mol. The van der Waals surface area contributed by atoms with Crippen molar-refractivity contribution < 1.29 is 14.3 Å². The van der Waals surface area contributed by atoms with Gasteiger partial charge in [0.25, 0.3) is 0 Å². The van der Waals surface area contributed by atoms with E-state index in [9.17, 15) is 9.59 Å². The Morgan fingerprint density at radius 2 is 1.72 bits per heavy atom. The van der Waals surface area contributed by atoms with Crippen LogP contribution in [0.2, 0.25) is 0 Å². The number of rotatable bonds is 7. The number of carbonyl (C=O) groups is 2. The van der Waals surface area contributed by atoms with E-state index in [2.05, 4.69) is 15.6 Å². The molecule has 25 heavy (non-hydrogen) atoms. The van der Waals surface area contributed by atoms with Crippen molar-refractivity contribution in [3.8, 4) is 5.75 Å². The van der Waals surface area contributed by atoms with Crippen LogP contribution in [-0.4, -0.2) is 23.9 Å². The summed E-state index contributed by atoms with van der Waals surface area (Å²) in [5, 5.41) is 5.58. The smallest absolute Gasteiger partial charge is 0.235 e. The van der Waals surface area contributed by atoms with Gasteiger partial charge in [-0.05, 0) is 31.5 Å². The molecule has 1 heterocycles. The van der Waals surface area contributed by atoms with Gasteiger partial charge in [0, 0.05) is 31.0 Å². The van der Waals surface area contributed by atoms with Gasteiger partial charge in [-0.25, -0.2) is 0 Å². The molecule has 6 nitrogen and oxygen atoms in total. The standard InChI is InChI=1S/C19H23N3O3/c1-19(2,17(23)21-12-14-7-6-10-20-11-14)18(24)22-13-15-8-4-5-9-16(15)25-3/h4-11H,12-13H2,1-3H3,(H,21,23)(H,22,24). The summed E-state index contributed by atoms with van der Waals surface area (Å²) in [5.74, 6) is 0.0117. The van der Waals surface area contributed by atoms with E-state index < -0.39 is 5.41 Å². The average Bonchev–Trinajstić information content (AvgIpc) is 2.64. The lowest BCUT2D eigenvalue weighted by atomic mass is 9.91. The van der Waals surface area contributed by atoms with Gasteiger partial charge >= 0.3 is 0 Å². The summed E-state index contributed by atoms with van der Waals surface area (Å²) in [6.45, 7) is 3.82. The van der Waals surface area contributed by atoms with E-state index in [1.165, 1.54) is 0 Å². The number of ether oxygens (including phenoxy) is 1. The summed E-state index contributed by atoms with van der Waals surface area (Å²) in [6.07, 6.45) is 3.34. The second kappa shape index (κ2) is 8.28. The summed E-state index contributed by atoms with van der Waals surface area (Å²) in [6, 6.07) is 11.1. The number of benzene rings is 1. The van der Waals surface area contributed by atoms with Crippen molar-refractivity contribution in [2.45, 2.75) is 26.9 Å². The summed E-state index contributed by atoms with van der Waals surface area (Å²) < 4.78 is 5.26. The predicted octanol–water partition coefficient (Wildman–Crippen LogP) is 2.05. The van der Waals surface area contributed by atoms with Crippen LogP contribution >= 0.6 is 0 Å². The Balaban J connectivity index is 1.93. The maximum atomic E-state index is 12.5. The number of para-hydroxylation sites is 1. The first-order valence-electron chi connectivity index (χ1n) is 8.02. The fourth-order valence-corrected chi connectivity index (χ4v) is 2.25. The van der Waals surface area contributed by atoms with Crippen molar-refractivity contribution >= 4 is 11.8 Å². The van der Waals surface area contributed by atoms with Crippen LogP contribution in [0.4, 0.5) is 0 Å². The number of methoxy groups -OCH3 is 1. The highest BCUT2D eigenvalue weighted by atomic mass is 16.5. The van der Waals surface area contributed by atoms with Crippen LogP contribution in [0.5, 0.6) is 5.75 Å². The normalized spacial score (nSPS) is 10.8. The fourth-order valence-electron chi connectivity index (χ4n) is 2.25. The number of carbonyl (C=O) groups excluding carboxylic acids is 2. The number of amides is 2. The van der Waals surface area contributed by atoms with Crippen LogP contribution in [0.15, 0.2) is 48.8 Å². The molecule has 0 atom stereocenters. The minimum atomic E-state index is -1.19. The molecular weight excluding hydrogens is 318 g/mol. The van der Waals surface area contributed by atoms with Crippen LogP contribution in [0.1, 0.15) is 25.0 Å². The van der Waals surface area contributed by atoms with Crippen LogP contribution in [0, 0.1) is 5.41 Å². The molecule has 0 saturated heterocycles. The Labute approximate surface area is 147 Å². The van der Waals surface area contributed by atoms with Crippen molar-refractivity contribution in [2.75, 3.05) is 7.11 Å². The van der Waals surface area contributed by atoms with E-state index >= 15 is 0 Å². The maximum Gasteiger partial charge on any atom is 0.235 e. The van der Waals surface area contributed by atoms with Crippen LogP contribution in [0.25, 0.3) is 0 Å². The molecule has 2 amide bonds. The highest BCUT2D eigenvalue weighted by molar-refractivity contribution is 6.04. The van der Waals surface area contributed by atoms with Gasteiger partial charge in [-0.2, -0.15) is 0 Å². The number of pyridine rings is 1. The summed E-state index contributed by atoms with van der Waals surface area (Å²) in [4.78, 5) is 28.9. The van der Waals surface area contributed by atoms with Gasteiger partial charge in [-0.1, -0.05) is 24.3 Å². The molecule has 0 unspecified atom stereocenters. The van der Waals surface area contributed by atoms with E-state index in [1.54, 1.807) is 39.4 Å². The lowest BCUT2D eigenvalue weighted by molar-refractivity contribution is -0.141. The maximum absolute atomic E-state index is 12.5. The molecule has 0 aliphatic heterocycles. The number of nitrogens with one attached hydrogen (secondary N) is 2. The quantitative estimate of drug-likeness (QED) is 0.755. The zero-order valence-electron chi connectivity index (χ0n) is 14.7. The molecule has 2 aromatic rings. The van der Waals surface area contributed by atoms with Gasteiger partial charge in [0.2, 0.25) is 11.8 Å². The third-order valence-corrected chi connectivity index (χ3v) is 3.94. The lowest BCUT2D eigenvalue weighted by Gasteiger charge is -2.23. The van der Waals surface area contributed by atoms with Gasteiger partial charge in [0.1, 0.15) is 11.2 Å². The Kier molecular flexibility index (Phi) is 6.11. The molecule has 0 radical (unpaired) electrons. The summed E-state index contributed by atoms with van der Waals surface area (Å²) in [5.41, 5.74) is 0.538. The molecule has 6 heteroatoms. The number of hydrogen-bond acceptors (Lipinski definition) is 4. The lowest BCUT2D eigenvalue weighted by Crippen LogP contribution is -2.47. The van der Waals surface area contributed by atoms with Gasteiger partial charge in [-0.15, -0.1) is 0 Å². The van der Waals surface area contributed by atoms with E-state index in [0.29, 0.717) is 18.8 Å². The summed E-state index contributed by atoms with van der Waals surface area (Å²) >= 11 is 0. The van der Waals surface area contributed by atoms with E-state index in [0.717, 1.165) is 11.1 Å². The van der Waals surface area contributed by atoms with E-state index in [4.69, 9.17) is 4.74 Å². The largest absolute Gasteiger partial charge is 0.496 e. The van der Waals surface area contributed by atoms with Crippen molar-refractivity contribution in [2.24, 2.45) is 5.41 Å². The van der Waals surface area contributed by atoms with Gasteiger partial charge in [-0.3, -0.25) is 14.6 Å². The minimum Gasteiger partial charge on any atom is -0.496 e. The summed E-state index contributed by atoms with van der Waals surface area (Å²) in [7, 11) is 1.58. The number of hydrogen-bond donors (Lipinski definition) is 2. The molecule has 132 valence electrons. The molecular formula is C19H23N3O3. The van der Waals surface area contributed by atoms with Crippen molar-refractivity contribution in [3.05, 3.63) is 59.9 Å². The first-order chi connectivity index (χ1) is 11.9. The molecule has 0 fully saturated rings. The highest BCUT2D eigenvalue weighted by Gasteiger charge is 2.35. The molecule has 0 aliphatic carbocycles. The zero-order chi connectivity index (χ0) is 18.3. The third kappa shape index (κ3) is 4.79. The van der Waals surface area contributed by atoms with Crippen molar-refractivity contribution in [1.82, 2.24) is 15.6 Å². The molecule has 0 spiro atoms. The Bertz CT molecular complexity index is 730. The molecule has 1 aromatic carbocycles. The third-order valence-electron chi connectivity index (χ3n) is 3.94. The molecule has 0 bridgehead atoms. The zero-order valence-corrected chi connectivity index (χ0v) is 14.7. The topological polar surface area (TPSA) is 80.3 Å². The predicted molar refractivity (Wildman–Crippen MR) is 94.7 cm³/mol. The van der Waals surface area contributed by atoms with Crippen LogP contribution in [-0.2, 0) is 22.7 Å². The van der Waals surface area contributed by atoms with Gasteiger partial charge in [0.05, 0.1) is 7.11 Å². The first-order valence-corrected chi connectivity index (χ1v) is 8.02. The Hall–Kier alpha value is -2.89. The molecule has 1 aromatic heterocycles. The van der Waals surface area contributed by atoms with Crippen molar-refractivity contribution in [1.29, 1.82) is 0 Å². The minimum absolute atomic E-state index is 0.294. The molecule has 2 rings (SSSR count).